The molecule has 0 amide bonds. The number of thiophene rings is 1. The molecule has 0 aliphatic heterocycles. The van der Waals surface area contributed by atoms with E-state index in [1.54, 1.807) is 15.9 Å². The highest BCUT2D eigenvalue weighted by Crippen LogP contribution is 2.33. The van der Waals surface area contributed by atoms with Gasteiger partial charge in [-0.1, -0.05) is 25.2 Å². The van der Waals surface area contributed by atoms with Crippen LogP contribution in [0.2, 0.25) is 0 Å². The minimum absolute atomic E-state index is 0.389. The second-order valence-electron chi connectivity index (χ2n) is 5.46. The van der Waals surface area contributed by atoms with E-state index in [4.69, 9.17) is 5.10 Å². The lowest BCUT2D eigenvalue weighted by molar-refractivity contribution is 0.716. The van der Waals surface area contributed by atoms with Crippen molar-refractivity contribution in [3.63, 3.8) is 0 Å². The Bertz CT molecular complexity index is 992. The minimum Gasteiger partial charge on any atom is -0.265 e. The summed E-state index contributed by atoms with van der Waals surface area (Å²) in [6, 6.07) is 6.12. The Labute approximate surface area is 148 Å². The first-order valence-corrected chi connectivity index (χ1v) is 9.48. The van der Waals surface area contributed by atoms with Crippen molar-refractivity contribution in [2.75, 3.05) is 0 Å². The molecular weight excluding hydrogens is 396 g/mol. The highest BCUT2D eigenvalue weighted by molar-refractivity contribution is 9.11. The van der Waals surface area contributed by atoms with Crippen molar-refractivity contribution in [2.24, 2.45) is 7.05 Å². The molecule has 0 saturated heterocycles. The lowest BCUT2D eigenvalue weighted by Gasteiger charge is -1.96. The minimum atomic E-state index is 0.389. The molecule has 4 rings (SSSR count). The summed E-state index contributed by atoms with van der Waals surface area (Å²) in [5.74, 6) is 1.16. The molecule has 6 nitrogen and oxygen atoms in total. The Morgan fingerprint density at radius 2 is 1.96 bits per heavy atom. The van der Waals surface area contributed by atoms with Crippen LogP contribution in [0, 0.1) is 0 Å². The van der Waals surface area contributed by atoms with Gasteiger partial charge in [0.1, 0.15) is 0 Å². The van der Waals surface area contributed by atoms with Crippen LogP contribution in [0.3, 0.4) is 0 Å². The van der Waals surface area contributed by atoms with Gasteiger partial charge in [-0.3, -0.25) is 4.68 Å². The van der Waals surface area contributed by atoms with Crippen molar-refractivity contribution in [3.8, 4) is 21.4 Å². The average Bonchev–Trinajstić information content (AvgIpc) is 3.20. The Balaban J connectivity index is 1.82. The molecule has 0 atom stereocenters. The van der Waals surface area contributed by atoms with Gasteiger partial charge >= 0.3 is 0 Å². The van der Waals surface area contributed by atoms with Crippen molar-refractivity contribution < 1.29 is 0 Å². The number of rotatable bonds is 3. The molecule has 0 bridgehead atoms. The third kappa shape index (κ3) is 2.52. The van der Waals surface area contributed by atoms with Gasteiger partial charge in [0.05, 0.1) is 20.1 Å². The second-order valence-corrected chi connectivity index (χ2v) is 8.88. The molecule has 0 saturated carbocycles. The summed E-state index contributed by atoms with van der Waals surface area (Å²) in [7, 11) is 1.95. The summed E-state index contributed by atoms with van der Waals surface area (Å²) in [5, 5.41) is 18.7. The predicted octanol–water partition coefficient (Wildman–Crippen LogP) is 4.20. The molecule has 0 fully saturated rings. The molecule has 4 aromatic rings. The summed E-state index contributed by atoms with van der Waals surface area (Å²) < 4.78 is 4.75. The van der Waals surface area contributed by atoms with Crippen molar-refractivity contribution in [1.82, 2.24) is 29.6 Å². The predicted molar refractivity (Wildman–Crippen MR) is 96.0 cm³/mol. The number of fused-ring (bicyclic) bond motifs is 1. The first-order chi connectivity index (χ1) is 11.0. The highest BCUT2D eigenvalue weighted by atomic mass is 79.9. The molecule has 0 unspecified atom stereocenters. The molecule has 4 heterocycles. The number of nitrogens with zero attached hydrogens (tertiary/aromatic N) is 6. The van der Waals surface area contributed by atoms with Gasteiger partial charge in [-0.2, -0.15) is 14.7 Å². The fraction of sp³-hybridized carbons (Fsp3) is 0.286. The van der Waals surface area contributed by atoms with E-state index >= 15 is 0 Å². The summed E-state index contributed by atoms with van der Waals surface area (Å²) in [6.07, 6.45) is 0. The van der Waals surface area contributed by atoms with Crippen LogP contribution in [0.25, 0.3) is 26.4 Å². The van der Waals surface area contributed by atoms with E-state index in [0.717, 1.165) is 35.8 Å². The molecule has 9 heteroatoms. The van der Waals surface area contributed by atoms with E-state index in [9.17, 15) is 0 Å². The van der Waals surface area contributed by atoms with Gasteiger partial charge in [-0.15, -0.1) is 21.5 Å². The zero-order valence-electron chi connectivity index (χ0n) is 12.7. The van der Waals surface area contributed by atoms with Crippen molar-refractivity contribution in [1.29, 1.82) is 0 Å². The van der Waals surface area contributed by atoms with E-state index < -0.39 is 0 Å². The van der Waals surface area contributed by atoms with Gasteiger partial charge in [-0.05, 0) is 40.0 Å². The maximum Gasteiger partial charge on any atom is 0.235 e. The average molecular weight is 409 g/mol. The Kier molecular flexibility index (Phi) is 3.58. The second kappa shape index (κ2) is 5.50. The molecule has 0 aliphatic carbocycles. The molecule has 0 N–H and O–H groups in total. The first-order valence-electron chi connectivity index (χ1n) is 7.05. The van der Waals surface area contributed by atoms with E-state index in [-0.39, 0.29) is 0 Å². The SMILES string of the molecule is CC(C)c1cc(-c2nn3c(-c4ccc(Br)s4)nnc3s2)n(C)n1. The number of aromatic nitrogens is 6. The molecule has 4 aromatic heterocycles. The quantitative estimate of drug-likeness (QED) is 0.509. The van der Waals surface area contributed by atoms with E-state index in [2.05, 4.69) is 51.1 Å². The van der Waals surface area contributed by atoms with Gasteiger partial charge in [0.2, 0.25) is 4.96 Å². The van der Waals surface area contributed by atoms with Crippen molar-refractivity contribution in [3.05, 3.63) is 27.7 Å². The zero-order valence-corrected chi connectivity index (χ0v) is 15.9. The number of hydrogen-bond acceptors (Lipinski definition) is 6. The molecule has 118 valence electrons. The van der Waals surface area contributed by atoms with Crippen molar-refractivity contribution >= 4 is 43.6 Å². The summed E-state index contributed by atoms with van der Waals surface area (Å²) in [4.78, 5) is 1.82. The molecule has 23 heavy (non-hydrogen) atoms. The maximum atomic E-state index is 4.70. The fourth-order valence-electron chi connectivity index (χ4n) is 2.28. The molecular formula is C14H13BrN6S2. The van der Waals surface area contributed by atoms with Gasteiger partial charge in [0, 0.05) is 7.05 Å². The van der Waals surface area contributed by atoms with E-state index in [1.807, 2.05) is 23.9 Å². The number of hydrogen-bond donors (Lipinski definition) is 0. The number of halogens is 1. The smallest absolute Gasteiger partial charge is 0.235 e. The topological polar surface area (TPSA) is 60.9 Å². The Hall–Kier alpha value is -1.58. The monoisotopic (exact) mass is 408 g/mol. The van der Waals surface area contributed by atoms with Crippen LogP contribution in [-0.2, 0) is 7.05 Å². The lowest BCUT2D eigenvalue weighted by Crippen LogP contribution is -1.96. The van der Waals surface area contributed by atoms with Gasteiger partial charge < -0.3 is 0 Å². The van der Waals surface area contributed by atoms with Crippen LogP contribution in [-0.4, -0.2) is 29.6 Å². The zero-order chi connectivity index (χ0) is 16.1. The van der Waals surface area contributed by atoms with Crippen LogP contribution in [0.4, 0.5) is 0 Å². The Morgan fingerprint density at radius 1 is 1.13 bits per heavy atom. The van der Waals surface area contributed by atoms with E-state index in [1.165, 1.54) is 11.3 Å². The standard InChI is InChI=1S/C14H13BrN6S2/c1-7(2)8-6-9(20(3)18-8)13-19-21-12(16-17-14(21)23-13)10-4-5-11(15)22-10/h4-7H,1-3H3. The van der Waals surface area contributed by atoms with E-state index in [0.29, 0.717) is 5.92 Å². The molecule has 0 spiro atoms. The van der Waals surface area contributed by atoms with Crippen LogP contribution in [0.1, 0.15) is 25.5 Å². The third-order valence-corrected chi connectivity index (χ3v) is 6.03. The summed E-state index contributed by atoms with van der Waals surface area (Å²) in [6.45, 7) is 4.27. The lowest BCUT2D eigenvalue weighted by atomic mass is 10.1. The summed E-state index contributed by atoms with van der Waals surface area (Å²) >= 11 is 6.62. The molecule has 0 aromatic carbocycles. The van der Waals surface area contributed by atoms with Crippen LogP contribution in [0.15, 0.2) is 22.0 Å². The molecule has 0 aliphatic rings. The molecule has 0 radical (unpaired) electrons. The van der Waals surface area contributed by atoms with Gasteiger partial charge in [0.25, 0.3) is 0 Å². The third-order valence-electron chi connectivity index (χ3n) is 3.49. The number of aryl methyl sites for hydroxylation is 1. The normalized spacial score (nSPS) is 11.9. The fourth-order valence-corrected chi connectivity index (χ4v) is 4.52. The van der Waals surface area contributed by atoms with Crippen LogP contribution in [0.5, 0.6) is 0 Å². The maximum absolute atomic E-state index is 4.70. The first kappa shape index (κ1) is 15.0. The Morgan fingerprint density at radius 3 is 2.61 bits per heavy atom. The van der Waals surface area contributed by atoms with Gasteiger partial charge in [0.15, 0.2) is 10.8 Å². The van der Waals surface area contributed by atoms with Gasteiger partial charge in [-0.25, -0.2) is 0 Å². The largest absolute Gasteiger partial charge is 0.265 e. The summed E-state index contributed by atoms with van der Waals surface area (Å²) in [5.41, 5.74) is 2.07. The van der Waals surface area contributed by atoms with Crippen molar-refractivity contribution in [2.45, 2.75) is 19.8 Å². The highest BCUT2D eigenvalue weighted by Gasteiger charge is 2.18. The van der Waals surface area contributed by atoms with Crippen LogP contribution >= 0.6 is 38.6 Å². The van der Waals surface area contributed by atoms with Crippen LogP contribution < -0.4 is 0 Å².